The predicted octanol–water partition coefficient (Wildman–Crippen LogP) is 5.84. The summed E-state index contributed by atoms with van der Waals surface area (Å²) < 4.78 is 27.0. The maximum atomic E-state index is 13.2. The van der Waals surface area contributed by atoms with E-state index in [1.54, 1.807) is 13.8 Å². The van der Waals surface area contributed by atoms with Gasteiger partial charge in [-0.15, -0.1) is 0 Å². The smallest absolute Gasteiger partial charge is 0.278 e. The molecule has 6 nitrogen and oxygen atoms in total. The van der Waals surface area contributed by atoms with E-state index in [-0.39, 0.29) is 4.90 Å². The number of hydrogen-bond donors (Lipinski definition) is 0. The molecule has 0 spiro atoms. The number of fused-ring (bicyclic) bond motifs is 1. The molecule has 3 aromatic carbocycles. The Bertz CT molecular complexity index is 1360. The minimum Gasteiger partial charge on any atom is -0.321 e. The molecular formula is C29H33N3O3S. The average molecular weight is 504 g/mol. The van der Waals surface area contributed by atoms with E-state index >= 15 is 0 Å². The lowest BCUT2D eigenvalue weighted by Crippen LogP contribution is -2.30. The zero-order chi connectivity index (χ0) is 25.9. The molecule has 4 rings (SSSR count). The second-order valence-electron chi connectivity index (χ2n) is 9.00. The van der Waals surface area contributed by atoms with Gasteiger partial charge in [-0.2, -0.15) is 9.30 Å². The molecule has 7 heteroatoms. The van der Waals surface area contributed by atoms with Crippen LogP contribution in [0, 0.1) is 0 Å². The summed E-state index contributed by atoms with van der Waals surface area (Å²) in [6, 6.07) is 22.4. The minimum absolute atomic E-state index is 0.171. The van der Waals surface area contributed by atoms with Crippen LogP contribution >= 0.6 is 0 Å². The van der Waals surface area contributed by atoms with Gasteiger partial charge in [0.25, 0.3) is 5.91 Å². The number of amides is 1. The molecule has 0 unspecified atom stereocenters. The summed E-state index contributed by atoms with van der Waals surface area (Å²) in [6.07, 6.45) is 1.07. The predicted molar refractivity (Wildman–Crippen MR) is 145 cm³/mol. The number of nitrogens with zero attached hydrogens (tertiary/aromatic N) is 3. The zero-order valence-corrected chi connectivity index (χ0v) is 22.1. The molecule has 0 bridgehead atoms. The van der Waals surface area contributed by atoms with E-state index < -0.39 is 15.9 Å². The first-order valence-corrected chi connectivity index (χ1v) is 13.9. The summed E-state index contributed by atoms with van der Waals surface area (Å²) in [5.74, 6) is 0.680. The van der Waals surface area contributed by atoms with Crippen LogP contribution in [0.3, 0.4) is 0 Å². The molecule has 0 aliphatic carbocycles. The second-order valence-corrected chi connectivity index (χ2v) is 10.9. The Morgan fingerprint density at radius 2 is 1.58 bits per heavy atom. The van der Waals surface area contributed by atoms with Crippen molar-refractivity contribution in [3.63, 3.8) is 0 Å². The quantitative estimate of drug-likeness (QED) is 0.387. The Morgan fingerprint density at radius 1 is 0.944 bits per heavy atom. The first-order chi connectivity index (χ1) is 17.3. The molecule has 1 aliphatic heterocycles. The first-order valence-electron chi connectivity index (χ1n) is 12.5. The van der Waals surface area contributed by atoms with Gasteiger partial charge in [0.1, 0.15) is 5.84 Å². The number of aliphatic imine (C=N–C) groups is 1. The van der Waals surface area contributed by atoms with Gasteiger partial charge in [0.05, 0.1) is 11.4 Å². The van der Waals surface area contributed by atoms with Crippen LogP contribution < -0.4 is 4.90 Å². The van der Waals surface area contributed by atoms with Crippen molar-refractivity contribution in [3.8, 4) is 0 Å². The fourth-order valence-corrected chi connectivity index (χ4v) is 5.92. The average Bonchev–Trinajstić information content (AvgIpc) is 3.27. The number of rotatable bonds is 8. The van der Waals surface area contributed by atoms with Crippen molar-refractivity contribution in [2.45, 2.75) is 51.5 Å². The normalized spacial score (nSPS) is 15.4. The summed E-state index contributed by atoms with van der Waals surface area (Å²) in [5.41, 5.74) is 4.64. The third-order valence-corrected chi connectivity index (χ3v) is 8.94. The maximum absolute atomic E-state index is 13.2. The van der Waals surface area contributed by atoms with E-state index in [1.807, 2.05) is 18.2 Å². The van der Waals surface area contributed by atoms with E-state index in [0.29, 0.717) is 37.0 Å². The topological polar surface area (TPSA) is 70.0 Å². The SMILES string of the molecule is CC[C@@H](C)c1ccc(N2Cc3ccccc3C2=NC(=O)c2ccc(S(=O)(=O)N(CC)CC)cc2)cc1. The summed E-state index contributed by atoms with van der Waals surface area (Å²) in [4.78, 5) is 20.0. The fourth-order valence-electron chi connectivity index (χ4n) is 4.46. The van der Waals surface area contributed by atoms with Gasteiger partial charge in [-0.05, 0) is 59.9 Å². The molecule has 1 aliphatic rings. The van der Waals surface area contributed by atoms with Crippen LogP contribution in [0.5, 0.6) is 0 Å². The molecule has 1 atom stereocenters. The lowest BCUT2D eigenvalue weighted by molar-refractivity contribution is 0.100. The molecule has 36 heavy (non-hydrogen) atoms. The van der Waals surface area contributed by atoms with Crippen LogP contribution in [0.15, 0.2) is 82.7 Å². The van der Waals surface area contributed by atoms with Gasteiger partial charge < -0.3 is 4.90 Å². The van der Waals surface area contributed by atoms with E-state index in [9.17, 15) is 13.2 Å². The Kier molecular flexibility index (Phi) is 7.71. The number of hydrogen-bond acceptors (Lipinski definition) is 3. The van der Waals surface area contributed by atoms with Crippen molar-refractivity contribution < 1.29 is 13.2 Å². The minimum atomic E-state index is -3.58. The molecule has 1 amide bonds. The monoisotopic (exact) mass is 503 g/mol. The summed E-state index contributed by atoms with van der Waals surface area (Å²) in [7, 11) is -3.58. The van der Waals surface area contributed by atoms with Crippen molar-refractivity contribution in [2.75, 3.05) is 18.0 Å². The van der Waals surface area contributed by atoms with Gasteiger partial charge in [0, 0.05) is 29.9 Å². The standard InChI is InChI=1S/C29H33N3O3S/c1-5-21(4)22-12-16-25(17-13-22)32-20-24-10-8-9-11-27(24)28(32)30-29(33)23-14-18-26(19-15-23)36(34,35)31(6-2)7-3/h8-19,21H,5-7,20H2,1-4H3/t21-/m1/s1. The van der Waals surface area contributed by atoms with Crippen molar-refractivity contribution in [3.05, 3.63) is 95.1 Å². The number of anilines is 1. The van der Waals surface area contributed by atoms with Crippen molar-refractivity contribution >= 4 is 27.5 Å². The third-order valence-electron chi connectivity index (χ3n) is 6.88. The van der Waals surface area contributed by atoms with Crippen LogP contribution in [-0.4, -0.2) is 37.6 Å². The van der Waals surface area contributed by atoms with Gasteiger partial charge in [0.15, 0.2) is 0 Å². The highest BCUT2D eigenvalue weighted by Crippen LogP contribution is 2.31. The van der Waals surface area contributed by atoms with Crippen LogP contribution in [0.1, 0.15) is 67.1 Å². The summed E-state index contributed by atoms with van der Waals surface area (Å²) in [5, 5.41) is 0. The fraction of sp³-hybridized carbons (Fsp3) is 0.310. The van der Waals surface area contributed by atoms with E-state index in [1.165, 1.54) is 34.1 Å². The molecule has 0 saturated carbocycles. The molecule has 3 aromatic rings. The summed E-state index contributed by atoms with van der Waals surface area (Å²) >= 11 is 0. The molecular weight excluding hydrogens is 470 g/mol. The Labute approximate surface area is 214 Å². The van der Waals surface area contributed by atoms with Crippen molar-refractivity contribution in [1.82, 2.24) is 4.31 Å². The highest BCUT2D eigenvalue weighted by molar-refractivity contribution is 7.89. The lowest BCUT2D eigenvalue weighted by atomic mass is 9.98. The number of carbonyl (C=O) groups excluding carboxylic acids is 1. The maximum Gasteiger partial charge on any atom is 0.278 e. The molecule has 1 heterocycles. The van der Waals surface area contributed by atoms with Gasteiger partial charge in [-0.3, -0.25) is 4.79 Å². The molecule has 0 radical (unpaired) electrons. The van der Waals surface area contributed by atoms with Crippen LogP contribution in [0.25, 0.3) is 0 Å². The van der Waals surface area contributed by atoms with Crippen LogP contribution in [0.2, 0.25) is 0 Å². The second kappa shape index (κ2) is 10.8. The number of benzene rings is 3. The number of sulfonamides is 1. The van der Waals surface area contributed by atoms with Crippen molar-refractivity contribution in [1.29, 1.82) is 0 Å². The largest absolute Gasteiger partial charge is 0.321 e. The van der Waals surface area contributed by atoms with Crippen LogP contribution in [0.4, 0.5) is 5.69 Å². The van der Waals surface area contributed by atoms with Crippen LogP contribution in [-0.2, 0) is 16.6 Å². The van der Waals surface area contributed by atoms with E-state index in [0.717, 1.165) is 23.2 Å². The molecule has 188 valence electrons. The van der Waals surface area contributed by atoms with Gasteiger partial charge in [-0.1, -0.05) is 64.1 Å². The molecule has 0 fully saturated rings. The van der Waals surface area contributed by atoms with Crippen molar-refractivity contribution in [2.24, 2.45) is 4.99 Å². The van der Waals surface area contributed by atoms with Gasteiger partial charge >= 0.3 is 0 Å². The van der Waals surface area contributed by atoms with E-state index in [4.69, 9.17) is 0 Å². The zero-order valence-electron chi connectivity index (χ0n) is 21.3. The summed E-state index contributed by atoms with van der Waals surface area (Å²) in [6.45, 7) is 9.41. The lowest BCUT2D eigenvalue weighted by Gasteiger charge is -2.20. The Hall–Kier alpha value is -3.29. The Balaban J connectivity index is 1.66. The third kappa shape index (κ3) is 4.99. The Morgan fingerprint density at radius 3 is 2.19 bits per heavy atom. The van der Waals surface area contributed by atoms with E-state index in [2.05, 4.69) is 54.1 Å². The molecule has 0 N–H and O–H groups in total. The number of carbonyl (C=O) groups is 1. The molecule has 0 aromatic heterocycles. The van der Waals surface area contributed by atoms with Gasteiger partial charge in [0.2, 0.25) is 10.0 Å². The number of amidine groups is 1. The molecule has 0 saturated heterocycles. The highest BCUT2D eigenvalue weighted by Gasteiger charge is 2.28. The van der Waals surface area contributed by atoms with Gasteiger partial charge in [-0.25, -0.2) is 8.42 Å². The highest BCUT2D eigenvalue weighted by atomic mass is 32.2. The first kappa shape index (κ1) is 25.8.